The van der Waals surface area contributed by atoms with E-state index in [1.807, 2.05) is 0 Å². The summed E-state index contributed by atoms with van der Waals surface area (Å²) in [6, 6.07) is 0.818. The van der Waals surface area contributed by atoms with Crippen LogP contribution in [0.3, 0.4) is 0 Å². The number of rotatable bonds is 1. The lowest BCUT2D eigenvalue weighted by atomic mass is 9.84. The van der Waals surface area contributed by atoms with E-state index in [9.17, 15) is 0 Å². The van der Waals surface area contributed by atoms with Gasteiger partial charge in [-0.25, -0.2) is 0 Å². The Balaban J connectivity index is 1.61. The Kier molecular flexibility index (Phi) is 3.69. The van der Waals surface area contributed by atoms with Crippen LogP contribution in [0.15, 0.2) is 0 Å². The molecule has 0 unspecified atom stereocenters. The topological polar surface area (TPSA) is 24.5 Å². The molecule has 3 saturated heterocycles. The first-order valence-electron chi connectivity index (χ1n) is 7.47. The van der Waals surface area contributed by atoms with Gasteiger partial charge in [-0.2, -0.15) is 0 Å². The standard InChI is InChI=1S/C14H26N2O/c1-2-11-17-14(6-1)7-3-10-16(12-14)13-4-8-15-9-5-13/h13,15H,1-12H2/t14-/m1/s1. The number of likely N-dealkylation sites (tertiary alicyclic amines) is 1. The summed E-state index contributed by atoms with van der Waals surface area (Å²) in [6.07, 6.45) is 9.24. The lowest BCUT2D eigenvalue weighted by molar-refractivity contribution is -0.124. The minimum absolute atomic E-state index is 0.237. The summed E-state index contributed by atoms with van der Waals surface area (Å²) in [7, 11) is 0. The van der Waals surface area contributed by atoms with Crippen molar-refractivity contribution in [2.24, 2.45) is 0 Å². The largest absolute Gasteiger partial charge is 0.374 e. The Morgan fingerprint density at radius 3 is 2.65 bits per heavy atom. The first-order valence-corrected chi connectivity index (χ1v) is 7.47. The maximum Gasteiger partial charge on any atom is 0.0809 e. The molecular formula is C14H26N2O. The minimum Gasteiger partial charge on any atom is -0.374 e. The van der Waals surface area contributed by atoms with Gasteiger partial charge in [0.2, 0.25) is 0 Å². The molecule has 3 heterocycles. The first kappa shape index (κ1) is 11.9. The maximum atomic E-state index is 6.17. The van der Waals surface area contributed by atoms with Crippen LogP contribution in [-0.2, 0) is 4.74 Å². The average Bonchev–Trinajstić information content (AvgIpc) is 2.41. The highest BCUT2D eigenvalue weighted by Crippen LogP contribution is 2.35. The third-order valence-corrected chi connectivity index (χ3v) is 4.83. The highest BCUT2D eigenvalue weighted by molar-refractivity contribution is 4.93. The average molecular weight is 238 g/mol. The van der Waals surface area contributed by atoms with Gasteiger partial charge in [0.25, 0.3) is 0 Å². The molecule has 0 amide bonds. The lowest BCUT2D eigenvalue weighted by Crippen LogP contribution is -2.55. The van der Waals surface area contributed by atoms with Crippen LogP contribution in [0.25, 0.3) is 0 Å². The van der Waals surface area contributed by atoms with Gasteiger partial charge < -0.3 is 10.1 Å². The molecule has 3 aliphatic rings. The van der Waals surface area contributed by atoms with Crippen LogP contribution in [0.5, 0.6) is 0 Å². The molecular weight excluding hydrogens is 212 g/mol. The Morgan fingerprint density at radius 2 is 1.88 bits per heavy atom. The van der Waals surface area contributed by atoms with Crippen molar-refractivity contribution in [1.82, 2.24) is 10.2 Å². The molecule has 1 atom stereocenters. The normalized spacial score (nSPS) is 37.4. The summed E-state index contributed by atoms with van der Waals surface area (Å²) in [6.45, 7) is 5.91. The smallest absolute Gasteiger partial charge is 0.0809 e. The molecule has 3 rings (SSSR count). The zero-order chi connectivity index (χ0) is 11.6. The van der Waals surface area contributed by atoms with Crippen LogP contribution in [-0.4, -0.2) is 49.3 Å². The molecule has 17 heavy (non-hydrogen) atoms. The number of hydrogen-bond donors (Lipinski definition) is 1. The third-order valence-electron chi connectivity index (χ3n) is 4.83. The van der Waals surface area contributed by atoms with Crippen LogP contribution in [0.4, 0.5) is 0 Å². The molecule has 0 bridgehead atoms. The number of ether oxygens (including phenoxy) is 1. The SMILES string of the molecule is C1CC[C@]2(CCCN(C3CCNCC3)C2)OC1. The summed E-state index contributed by atoms with van der Waals surface area (Å²) >= 11 is 0. The predicted octanol–water partition coefficient (Wildman–Crippen LogP) is 1.77. The number of hydrogen-bond acceptors (Lipinski definition) is 3. The van der Waals surface area contributed by atoms with Gasteiger partial charge in [-0.1, -0.05) is 0 Å². The Hall–Kier alpha value is -0.120. The van der Waals surface area contributed by atoms with Crippen LogP contribution in [0, 0.1) is 0 Å². The molecule has 3 heteroatoms. The second-order valence-electron chi connectivity index (χ2n) is 6.04. The molecule has 0 aromatic carbocycles. The van der Waals surface area contributed by atoms with Gasteiger partial charge in [-0.15, -0.1) is 0 Å². The molecule has 3 fully saturated rings. The van der Waals surface area contributed by atoms with E-state index < -0.39 is 0 Å². The highest BCUT2D eigenvalue weighted by atomic mass is 16.5. The van der Waals surface area contributed by atoms with E-state index in [2.05, 4.69) is 10.2 Å². The molecule has 1 N–H and O–H groups in total. The van der Waals surface area contributed by atoms with Gasteiger partial charge in [0.15, 0.2) is 0 Å². The van der Waals surface area contributed by atoms with Crippen LogP contribution >= 0.6 is 0 Å². The van der Waals surface area contributed by atoms with Gasteiger partial charge in [-0.3, -0.25) is 4.90 Å². The van der Waals surface area contributed by atoms with E-state index in [1.54, 1.807) is 0 Å². The first-order chi connectivity index (χ1) is 8.38. The van der Waals surface area contributed by atoms with Crippen molar-refractivity contribution in [1.29, 1.82) is 0 Å². The highest BCUT2D eigenvalue weighted by Gasteiger charge is 2.39. The Labute approximate surface area is 105 Å². The molecule has 0 radical (unpaired) electrons. The van der Waals surface area contributed by atoms with Crippen LogP contribution < -0.4 is 5.32 Å². The summed E-state index contributed by atoms with van der Waals surface area (Å²) in [5.41, 5.74) is 0.237. The number of nitrogens with zero attached hydrogens (tertiary/aromatic N) is 1. The molecule has 0 aliphatic carbocycles. The second-order valence-corrected chi connectivity index (χ2v) is 6.04. The second kappa shape index (κ2) is 5.25. The van der Waals surface area contributed by atoms with E-state index in [1.165, 1.54) is 71.1 Å². The molecule has 0 saturated carbocycles. The fourth-order valence-electron chi connectivity index (χ4n) is 3.85. The van der Waals surface area contributed by atoms with Gasteiger partial charge >= 0.3 is 0 Å². The molecule has 3 nitrogen and oxygen atoms in total. The number of nitrogens with one attached hydrogen (secondary N) is 1. The van der Waals surface area contributed by atoms with Gasteiger partial charge in [-0.05, 0) is 64.6 Å². The molecule has 98 valence electrons. The van der Waals surface area contributed by atoms with Crippen molar-refractivity contribution >= 4 is 0 Å². The Bertz CT molecular complexity index is 239. The fraction of sp³-hybridized carbons (Fsp3) is 1.00. The van der Waals surface area contributed by atoms with E-state index in [0.717, 1.165) is 12.6 Å². The van der Waals surface area contributed by atoms with E-state index in [4.69, 9.17) is 4.74 Å². The van der Waals surface area contributed by atoms with Crippen LogP contribution in [0.1, 0.15) is 44.9 Å². The lowest BCUT2D eigenvalue weighted by Gasteiger charge is -2.48. The molecule has 0 aromatic rings. The van der Waals surface area contributed by atoms with Crippen molar-refractivity contribution in [2.75, 3.05) is 32.8 Å². The van der Waals surface area contributed by atoms with Crippen molar-refractivity contribution in [2.45, 2.75) is 56.6 Å². The number of piperidine rings is 2. The molecule has 0 aromatic heterocycles. The summed E-state index contributed by atoms with van der Waals surface area (Å²) in [5.74, 6) is 0. The minimum atomic E-state index is 0.237. The molecule has 1 spiro atoms. The Morgan fingerprint density at radius 1 is 1.06 bits per heavy atom. The van der Waals surface area contributed by atoms with Crippen molar-refractivity contribution in [3.05, 3.63) is 0 Å². The third kappa shape index (κ3) is 2.67. The van der Waals surface area contributed by atoms with Gasteiger partial charge in [0, 0.05) is 19.2 Å². The summed E-state index contributed by atoms with van der Waals surface area (Å²) < 4.78 is 6.17. The maximum absolute atomic E-state index is 6.17. The summed E-state index contributed by atoms with van der Waals surface area (Å²) in [5, 5.41) is 3.47. The van der Waals surface area contributed by atoms with E-state index in [0.29, 0.717) is 0 Å². The van der Waals surface area contributed by atoms with Crippen molar-refractivity contribution in [3.63, 3.8) is 0 Å². The predicted molar refractivity (Wildman–Crippen MR) is 69.2 cm³/mol. The van der Waals surface area contributed by atoms with Gasteiger partial charge in [0.05, 0.1) is 5.60 Å². The summed E-state index contributed by atoms with van der Waals surface area (Å²) in [4.78, 5) is 2.73. The quantitative estimate of drug-likeness (QED) is 0.753. The van der Waals surface area contributed by atoms with E-state index >= 15 is 0 Å². The van der Waals surface area contributed by atoms with Crippen molar-refractivity contribution in [3.8, 4) is 0 Å². The van der Waals surface area contributed by atoms with E-state index in [-0.39, 0.29) is 5.60 Å². The van der Waals surface area contributed by atoms with Crippen molar-refractivity contribution < 1.29 is 4.74 Å². The zero-order valence-electron chi connectivity index (χ0n) is 10.9. The monoisotopic (exact) mass is 238 g/mol. The molecule has 3 aliphatic heterocycles. The van der Waals surface area contributed by atoms with Gasteiger partial charge in [0.1, 0.15) is 0 Å². The van der Waals surface area contributed by atoms with Crippen LogP contribution in [0.2, 0.25) is 0 Å². The fourth-order valence-corrected chi connectivity index (χ4v) is 3.85. The zero-order valence-corrected chi connectivity index (χ0v) is 10.9.